The maximum absolute atomic E-state index is 14.3. The number of carbonyl (C=O) groups excluding carboxylic acids is 6. The summed E-state index contributed by atoms with van der Waals surface area (Å²) in [6.07, 6.45) is -0.604. The van der Waals surface area contributed by atoms with Crippen molar-refractivity contribution in [1.29, 1.82) is 0 Å². The minimum atomic E-state index is -1.53. The lowest BCUT2D eigenvalue weighted by Crippen LogP contribution is -2.71. The number of likely N-dealkylation sites (tertiary alicyclic amines) is 1. The number of thioether (sulfide) groups is 1. The van der Waals surface area contributed by atoms with E-state index in [9.17, 15) is 28.8 Å². The SMILES string of the molecule is [B]OC(=O)C1=C(C[N+]2(CCNC(=O)c3ccc(OCc4ccc(OC)cc4)c(OCc4ccc(OC)cc4)c3Cl)CCCC2)CS[C@@H]2[C@H](NC(=O)/C(=N\O[C@H](C(=O)O[B])c3ccccc3)c3csc(NC(=O)OC(C)(C)C)n3)C(=O)N12. The van der Waals surface area contributed by atoms with Crippen LogP contribution in [0.2, 0.25) is 5.02 Å². The average Bonchev–Trinajstić information content (AvgIpc) is 4.26. The molecule has 1 aromatic heterocycles. The molecule has 4 amide bonds. The van der Waals surface area contributed by atoms with Gasteiger partial charge in [0, 0.05) is 35.1 Å². The number of nitrogens with zero attached hydrogens (tertiary/aromatic N) is 4. The number of methoxy groups -OCH3 is 2. The number of halogens is 1. The van der Waals surface area contributed by atoms with E-state index in [2.05, 4.69) is 30.7 Å². The summed E-state index contributed by atoms with van der Waals surface area (Å²) < 4.78 is 38.1. The highest BCUT2D eigenvalue weighted by atomic mass is 35.5. The van der Waals surface area contributed by atoms with E-state index in [4.69, 9.17) is 60.9 Å². The molecule has 0 spiro atoms. The number of β-lactam (4-membered cyclic amide) rings is 1. The van der Waals surface area contributed by atoms with Gasteiger partial charge in [-0.25, -0.2) is 19.4 Å². The lowest BCUT2D eigenvalue weighted by Gasteiger charge is -2.50. The van der Waals surface area contributed by atoms with Crippen molar-refractivity contribution in [2.75, 3.05) is 58.0 Å². The minimum absolute atomic E-state index is 0.0292. The first kappa shape index (κ1) is 59.4. The first-order valence-electron chi connectivity index (χ1n) is 25.4. The number of carbonyl (C=O) groups is 6. The van der Waals surface area contributed by atoms with Crippen LogP contribution in [0.1, 0.15) is 72.5 Å². The zero-order valence-corrected chi connectivity index (χ0v) is 47.3. The van der Waals surface area contributed by atoms with E-state index in [-0.39, 0.29) is 63.9 Å². The molecular weight excluding hydrogens is 1100 g/mol. The van der Waals surface area contributed by atoms with E-state index in [0.29, 0.717) is 53.5 Å². The second-order valence-corrected chi connectivity index (χ2v) is 22.2. The molecule has 21 nitrogen and oxygen atoms in total. The van der Waals surface area contributed by atoms with Gasteiger partial charge < -0.3 is 52.9 Å². The average molecular weight is 1160 g/mol. The second-order valence-electron chi connectivity index (χ2n) is 19.8. The third kappa shape index (κ3) is 14.6. The Hall–Kier alpha value is -7.73. The van der Waals surface area contributed by atoms with Gasteiger partial charge in [-0.1, -0.05) is 71.4 Å². The largest absolute Gasteiger partial charge is 0.540 e. The van der Waals surface area contributed by atoms with Crippen molar-refractivity contribution in [2.24, 2.45) is 5.16 Å². The van der Waals surface area contributed by atoms with Gasteiger partial charge in [0.05, 0.1) is 51.0 Å². The first-order valence-corrected chi connectivity index (χ1v) is 27.8. The van der Waals surface area contributed by atoms with Crippen LogP contribution in [0.4, 0.5) is 9.93 Å². The maximum atomic E-state index is 14.3. The summed E-state index contributed by atoms with van der Waals surface area (Å²) >= 11 is 9.25. The number of aromatic nitrogens is 1. The number of anilines is 1. The number of hydrogen-bond acceptors (Lipinski definition) is 18. The third-order valence-corrected chi connectivity index (χ3v) is 15.7. The van der Waals surface area contributed by atoms with Crippen LogP contribution >= 0.6 is 34.7 Å². The van der Waals surface area contributed by atoms with Gasteiger partial charge in [-0.15, -0.1) is 23.1 Å². The Bertz CT molecular complexity index is 3180. The van der Waals surface area contributed by atoms with Crippen LogP contribution in [0.25, 0.3) is 0 Å². The standard InChI is InChI=1S/C55H56B2ClN7O14S2/c1-55(2,3)76-54(71)62-53-60-39(31-81-53)42(63-79-45(52(70)78-57)34-11-7-6-8-12-34)48(67)61-43-49(68)64-44(51(69)77-56)35(30-80-50(43)64)27-65(24-9-10-25-65)26-23-59-47(66)38-21-22-40(74-28-32-13-17-36(72-4)18-14-32)46(41(38)58)75-29-33-15-19-37(73-5)20-16-33/h6-8,11-22,31,43,45,50H,9-10,23-30H2,1-5H3,(H2-,59,60,61,62,66,67,71)/p+1/b63-42-/t43-,45+,50-/m1/s1. The Morgan fingerprint density at radius 2 is 1.53 bits per heavy atom. The van der Waals surface area contributed by atoms with Gasteiger partial charge in [0.15, 0.2) is 22.3 Å². The Morgan fingerprint density at radius 3 is 2.15 bits per heavy atom. The van der Waals surface area contributed by atoms with Crippen molar-refractivity contribution in [3.63, 3.8) is 0 Å². The fourth-order valence-corrected chi connectivity index (χ4v) is 11.5. The predicted molar refractivity (Wildman–Crippen MR) is 302 cm³/mol. The van der Waals surface area contributed by atoms with Gasteiger partial charge in [0.2, 0.25) is 6.10 Å². The Labute approximate surface area is 483 Å². The molecule has 0 unspecified atom stereocenters. The molecule has 26 heteroatoms. The Balaban J connectivity index is 0.970. The fraction of sp³-hybridized carbons (Fsp3) is 0.345. The molecule has 4 aromatic carbocycles. The predicted octanol–water partition coefficient (Wildman–Crippen LogP) is 6.73. The smallest absolute Gasteiger partial charge is 0.413 e. The second kappa shape index (κ2) is 26.7. The van der Waals surface area contributed by atoms with Crippen LogP contribution in [0.5, 0.6) is 23.0 Å². The molecule has 0 aliphatic carbocycles. The number of fused-ring (bicyclic) bond motifs is 1. The Morgan fingerprint density at radius 1 is 0.877 bits per heavy atom. The monoisotopic (exact) mass is 1160 g/mol. The number of nitrogens with one attached hydrogen (secondary N) is 3. The van der Waals surface area contributed by atoms with Crippen LogP contribution in [-0.4, -0.2) is 142 Å². The molecule has 420 valence electrons. The van der Waals surface area contributed by atoms with Gasteiger partial charge in [0.25, 0.3) is 17.7 Å². The number of hydrogen-bond donors (Lipinski definition) is 3. The quantitative estimate of drug-likeness (QED) is 0.0202. The molecule has 2 fully saturated rings. The van der Waals surface area contributed by atoms with E-state index in [1.807, 2.05) is 48.5 Å². The molecule has 3 aliphatic heterocycles. The third-order valence-electron chi connectivity index (χ3n) is 13.2. The van der Waals surface area contributed by atoms with E-state index >= 15 is 0 Å². The number of amides is 4. The van der Waals surface area contributed by atoms with Crippen LogP contribution in [-0.2, 0) is 51.3 Å². The highest BCUT2D eigenvalue weighted by molar-refractivity contribution is 8.00. The lowest BCUT2D eigenvalue weighted by molar-refractivity contribution is -0.911. The summed E-state index contributed by atoms with van der Waals surface area (Å²) in [5.41, 5.74) is 1.27. The van der Waals surface area contributed by atoms with Gasteiger partial charge in [0.1, 0.15) is 59.7 Å². The van der Waals surface area contributed by atoms with Gasteiger partial charge >= 0.3 is 34.1 Å². The lowest BCUT2D eigenvalue weighted by atomic mass is 10.0. The fourth-order valence-electron chi connectivity index (χ4n) is 9.22. The van der Waals surface area contributed by atoms with Crippen molar-refractivity contribution in [3.05, 3.63) is 141 Å². The van der Waals surface area contributed by atoms with Crippen molar-refractivity contribution < 1.29 is 71.1 Å². The topological polar surface area (TPSA) is 241 Å². The maximum Gasteiger partial charge on any atom is 0.413 e. The van der Waals surface area contributed by atoms with Crippen molar-refractivity contribution in [2.45, 2.75) is 69.9 Å². The summed E-state index contributed by atoms with van der Waals surface area (Å²) in [4.78, 5) is 92.8. The summed E-state index contributed by atoms with van der Waals surface area (Å²) in [7, 11) is 13.9. The van der Waals surface area contributed by atoms with Crippen LogP contribution in [0.3, 0.4) is 0 Å². The van der Waals surface area contributed by atoms with Crippen molar-refractivity contribution in [1.82, 2.24) is 20.5 Å². The zero-order chi connectivity index (χ0) is 57.8. The van der Waals surface area contributed by atoms with Gasteiger partial charge in [-0.3, -0.25) is 24.6 Å². The molecule has 8 rings (SSSR count). The summed E-state index contributed by atoms with van der Waals surface area (Å²) in [5.74, 6) is -1.89. The molecule has 3 aliphatic rings. The summed E-state index contributed by atoms with van der Waals surface area (Å²) in [5, 5.41) is 13.0. The van der Waals surface area contributed by atoms with Crippen LogP contribution in [0.15, 0.2) is 113 Å². The van der Waals surface area contributed by atoms with Gasteiger partial charge in [-0.2, -0.15) is 0 Å². The van der Waals surface area contributed by atoms with Crippen LogP contribution < -0.4 is 34.9 Å². The zero-order valence-electron chi connectivity index (χ0n) is 44.9. The highest BCUT2D eigenvalue weighted by Crippen LogP contribution is 2.43. The summed E-state index contributed by atoms with van der Waals surface area (Å²) in [6.45, 7) is 7.75. The molecule has 4 heterocycles. The molecule has 5 aromatic rings. The molecule has 0 bridgehead atoms. The molecule has 3 atom stereocenters. The molecule has 0 saturated carbocycles. The number of quaternary nitrogens is 1. The summed E-state index contributed by atoms with van der Waals surface area (Å²) in [6, 6.07) is 24.9. The number of rotatable bonds is 23. The molecule has 4 radical (unpaired) electrons. The minimum Gasteiger partial charge on any atom is -0.540 e. The van der Waals surface area contributed by atoms with E-state index in [0.717, 1.165) is 35.3 Å². The van der Waals surface area contributed by atoms with E-state index in [1.165, 1.54) is 22.0 Å². The molecule has 2 saturated heterocycles. The number of ether oxygens (including phenoxy) is 5. The first-order chi connectivity index (χ1) is 38.9. The van der Waals surface area contributed by atoms with E-state index in [1.54, 1.807) is 77.5 Å². The van der Waals surface area contributed by atoms with Crippen molar-refractivity contribution >= 4 is 97.4 Å². The van der Waals surface area contributed by atoms with Gasteiger partial charge in [-0.05, 0) is 68.3 Å². The Kier molecular flexibility index (Phi) is 19.6. The molecular formula is C55H57B2ClN7O14S2+. The normalized spacial score (nSPS) is 16.9. The van der Waals surface area contributed by atoms with Crippen molar-refractivity contribution in [3.8, 4) is 23.0 Å². The molecule has 3 N–H and O–H groups in total. The number of oxime groups is 1. The highest BCUT2D eigenvalue weighted by Gasteiger charge is 2.55. The molecule has 81 heavy (non-hydrogen) atoms. The van der Waals surface area contributed by atoms with E-state index < -0.39 is 64.6 Å². The number of benzene rings is 4. The van der Waals surface area contributed by atoms with Crippen LogP contribution in [0, 0.1) is 0 Å². The number of thiazole rings is 1.